The first-order valence-electron chi connectivity index (χ1n) is 9.27. The number of hydrogen-bond acceptors (Lipinski definition) is 6. The number of nitrogens with zero attached hydrogens (tertiary/aromatic N) is 6. The molecule has 1 unspecified atom stereocenters. The number of likely N-dealkylation sites (tertiary alicyclic amines) is 1. The predicted molar refractivity (Wildman–Crippen MR) is 106 cm³/mol. The maximum Gasteiger partial charge on any atom is 0.253 e. The number of carbonyl (C=O) groups is 1. The molecule has 1 aliphatic rings. The SMILES string of the molecule is CN(Cc1nccc(N)n1)C1CCN(C(=O)c2cccc(-n3cccn3)c2)C1. The third kappa shape index (κ3) is 3.86. The highest BCUT2D eigenvalue weighted by atomic mass is 16.2. The van der Waals surface area contributed by atoms with Crippen LogP contribution in [0.2, 0.25) is 0 Å². The van der Waals surface area contributed by atoms with Crippen molar-refractivity contribution in [1.82, 2.24) is 29.5 Å². The normalized spacial score (nSPS) is 16.6. The summed E-state index contributed by atoms with van der Waals surface area (Å²) in [6.45, 7) is 2.02. The molecule has 0 radical (unpaired) electrons. The monoisotopic (exact) mass is 377 g/mol. The van der Waals surface area contributed by atoms with E-state index in [1.165, 1.54) is 0 Å². The molecule has 2 N–H and O–H groups in total. The third-order valence-electron chi connectivity index (χ3n) is 5.05. The number of rotatable bonds is 5. The van der Waals surface area contributed by atoms with Crippen molar-refractivity contribution in [1.29, 1.82) is 0 Å². The Morgan fingerprint density at radius 3 is 2.96 bits per heavy atom. The first-order valence-corrected chi connectivity index (χ1v) is 9.27. The quantitative estimate of drug-likeness (QED) is 0.726. The van der Waals surface area contributed by atoms with Crippen LogP contribution in [-0.2, 0) is 6.54 Å². The van der Waals surface area contributed by atoms with Crippen LogP contribution in [0, 0.1) is 0 Å². The molecule has 1 amide bonds. The van der Waals surface area contributed by atoms with Gasteiger partial charge in [0.2, 0.25) is 0 Å². The second-order valence-electron chi connectivity index (χ2n) is 7.01. The van der Waals surface area contributed by atoms with Crippen molar-refractivity contribution >= 4 is 11.7 Å². The lowest BCUT2D eigenvalue weighted by atomic mass is 10.2. The number of aromatic nitrogens is 4. The van der Waals surface area contributed by atoms with Crippen LogP contribution in [0.5, 0.6) is 0 Å². The van der Waals surface area contributed by atoms with Crippen LogP contribution in [0.1, 0.15) is 22.6 Å². The molecule has 0 saturated carbocycles. The summed E-state index contributed by atoms with van der Waals surface area (Å²) in [4.78, 5) is 25.6. The maximum atomic E-state index is 13.0. The van der Waals surface area contributed by atoms with E-state index in [1.54, 1.807) is 23.1 Å². The number of amides is 1. The van der Waals surface area contributed by atoms with Gasteiger partial charge in [0.25, 0.3) is 5.91 Å². The van der Waals surface area contributed by atoms with Gasteiger partial charge in [-0.3, -0.25) is 9.69 Å². The fourth-order valence-corrected chi connectivity index (χ4v) is 3.51. The van der Waals surface area contributed by atoms with E-state index < -0.39 is 0 Å². The van der Waals surface area contributed by atoms with Crippen molar-refractivity contribution < 1.29 is 4.79 Å². The minimum atomic E-state index is 0.0464. The molecular formula is C20H23N7O. The summed E-state index contributed by atoms with van der Waals surface area (Å²) in [7, 11) is 2.03. The summed E-state index contributed by atoms with van der Waals surface area (Å²) in [5.74, 6) is 1.21. The second-order valence-corrected chi connectivity index (χ2v) is 7.01. The van der Waals surface area contributed by atoms with Gasteiger partial charge in [0.15, 0.2) is 0 Å². The summed E-state index contributed by atoms with van der Waals surface area (Å²) in [6.07, 6.45) is 6.17. The number of likely N-dealkylation sites (N-methyl/N-ethyl adjacent to an activating group) is 1. The van der Waals surface area contributed by atoms with Gasteiger partial charge in [-0.1, -0.05) is 6.07 Å². The molecule has 1 saturated heterocycles. The average molecular weight is 377 g/mol. The molecule has 8 nitrogen and oxygen atoms in total. The van der Waals surface area contributed by atoms with Gasteiger partial charge < -0.3 is 10.6 Å². The Hall–Kier alpha value is -3.26. The topological polar surface area (TPSA) is 93.2 Å². The van der Waals surface area contributed by atoms with Crippen molar-refractivity contribution in [2.75, 3.05) is 25.9 Å². The Morgan fingerprint density at radius 2 is 2.18 bits per heavy atom. The summed E-state index contributed by atoms with van der Waals surface area (Å²) < 4.78 is 1.75. The summed E-state index contributed by atoms with van der Waals surface area (Å²) in [6, 6.07) is 11.4. The molecule has 1 aliphatic heterocycles. The van der Waals surface area contributed by atoms with Crippen LogP contribution in [0.15, 0.2) is 55.0 Å². The van der Waals surface area contributed by atoms with Crippen molar-refractivity contribution in [3.63, 3.8) is 0 Å². The van der Waals surface area contributed by atoms with E-state index in [9.17, 15) is 4.79 Å². The fourth-order valence-electron chi connectivity index (χ4n) is 3.51. The molecule has 0 spiro atoms. The van der Waals surface area contributed by atoms with Crippen molar-refractivity contribution in [3.8, 4) is 5.69 Å². The molecule has 3 aromatic rings. The smallest absolute Gasteiger partial charge is 0.253 e. The van der Waals surface area contributed by atoms with E-state index in [0.717, 1.165) is 18.7 Å². The lowest BCUT2D eigenvalue weighted by molar-refractivity contribution is 0.0779. The van der Waals surface area contributed by atoms with E-state index >= 15 is 0 Å². The second kappa shape index (κ2) is 7.77. The number of benzene rings is 1. The first-order chi connectivity index (χ1) is 13.6. The minimum absolute atomic E-state index is 0.0464. The molecule has 0 bridgehead atoms. The Bertz CT molecular complexity index is 957. The number of nitrogens with two attached hydrogens (primary N) is 1. The standard InChI is InChI=1S/C20H23N7O/c1-25(14-19-22-9-6-18(21)24-19)17-7-11-26(13-17)20(28)15-4-2-5-16(12-15)27-10-3-8-23-27/h2-6,8-10,12,17H,7,11,13-14H2,1H3,(H2,21,22,24). The van der Waals surface area contributed by atoms with Gasteiger partial charge in [0, 0.05) is 43.3 Å². The van der Waals surface area contributed by atoms with Gasteiger partial charge in [-0.2, -0.15) is 5.10 Å². The molecule has 1 atom stereocenters. The predicted octanol–water partition coefficient (Wildman–Crippen LogP) is 1.59. The molecule has 4 rings (SSSR count). The molecule has 8 heteroatoms. The van der Waals surface area contributed by atoms with Gasteiger partial charge in [-0.05, 0) is 43.8 Å². The van der Waals surface area contributed by atoms with Crippen molar-refractivity contribution in [2.45, 2.75) is 19.0 Å². The zero-order chi connectivity index (χ0) is 19.5. The van der Waals surface area contributed by atoms with Crippen LogP contribution in [-0.4, -0.2) is 61.6 Å². The largest absolute Gasteiger partial charge is 0.384 e. The van der Waals surface area contributed by atoms with Crippen LogP contribution >= 0.6 is 0 Å². The van der Waals surface area contributed by atoms with Crippen molar-refractivity contribution in [3.05, 3.63) is 66.4 Å². The fraction of sp³-hybridized carbons (Fsp3) is 0.300. The first kappa shape index (κ1) is 18.1. The summed E-state index contributed by atoms with van der Waals surface area (Å²) >= 11 is 0. The van der Waals surface area contributed by atoms with Crippen LogP contribution < -0.4 is 5.73 Å². The third-order valence-corrected chi connectivity index (χ3v) is 5.05. The van der Waals surface area contributed by atoms with E-state index in [2.05, 4.69) is 20.0 Å². The van der Waals surface area contributed by atoms with Gasteiger partial charge in [-0.25, -0.2) is 14.6 Å². The van der Waals surface area contributed by atoms with E-state index in [0.29, 0.717) is 30.3 Å². The average Bonchev–Trinajstić information content (AvgIpc) is 3.40. The van der Waals surface area contributed by atoms with Crippen LogP contribution in [0.25, 0.3) is 5.69 Å². The highest BCUT2D eigenvalue weighted by Crippen LogP contribution is 2.19. The lowest BCUT2D eigenvalue weighted by Crippen LogP contribution is -2.36. The van der Waals surface area contributed by atoms with Crippen LogP contribution in [0.3, 0.4) is 0 Å². The highest BCUT2D eigenvalue weighted by molar-refractivity contribution is 5.95. The molecule has 1 fully saturated rings. The Labute approximate surface area is 163 Å². The molecule has 1 aromatic carbocycles. The van der Waals surface area contributed by atoms with Gasteiger partial charge in [0.05, 0.1) is 12.2 Å². The number of anilines is 1. The molecule has 144 valence electrons. The molecule has 0 aliphatic carbocycles. The lowest BCUT2D eigenvalue weighted by Gasteiger charge is -2.24. The van der Waals surface area contributed by atoms with E-state index in [-0.39, 0.29) is 11.9 Å². The number of hydrogen-bond donors (Lipinski definition) is 1. The Kier molecular flexibility index (Phi) is 5.03. The van der Waals surface area contributed by atoms with Gasteiger partial charge >= 0.3 is 0 Å². The van der Waals surface area contributed by atoms with Crippen LogP contribution in [0.4, 0.5) is 5.82 Å². The zero-order valence-electron chi connectivity index (χ0n) is 15.8. The zero-order valence-corrected chi connectivity index (χ0v) is 15.8. The molecule has 3 heterocycles. The number of nitrogen functional groups attached to an aromatic ring is 1. The number of carbonyl (C=O) groups excluding carboxylic acids is 1. The molecular weight excluding hydrogens is 354 g/mol. The maximum absolute atomic E-state index is 13.0. The van der Waals surface area contributed by atoms with Gasteiger partial charge in [-0.15, -0.1) is 0 Å². The van der Waals surface area contributed by atoms with E-state index in [4.69, 9.17) is 5.73 Å². The van der Waals surface area contributed by atoms with E-state index in [1.807, 2.05) is 48.5 Å². The minimum Gasteiger partial charge on any atom is -0.384 e. The van der Waals surface area contributed by atoms with Crippen molar-refractivity contribution in [2.24, 2.45) is 0 Å². The highest BCUT2D eigenvalue weighted by Gasteiger charge is 2.29. The molecule has 2 aromatic heterocycles. The Morgan fingerprint density at radius 1 is 1.29 bits per heavy atom. The molecule has 28 heavy (non-hydrogen) atoms. The summed E-state index contributed by atoms with van der Waals surface area (Å²) in [5, 5.41) is 4.23. The Balaban J connectivity index is 1.41. The van der Waals surface area contributed by atoms with Gasteiger partial charge in [0.1, 0.15) is 11.6 Å². The summed E-state index contributed by atoms with van der Waals surface area (Å²) in [5.41, 5.74) is 7.29.